The van der Waals surface area contributed by atoms with E-state index in [0.717, 1.165) is 10.0 Å². The lowest BCUT2D eigenvalue weighted by Crippen LogP contribution is -2.34. The van der Waals surface area contributed by atoms with Gasteiger partial charge in [-0.25, -0.2) is 0 Å². The second-order valence-electron chi connectivity index (χ2n) is 3.58. The van der Waals surface area contributed by atoms with Gasteiger partial charge in [0.2, 0.25) is 0 Å². The highest BCUT2D eigenvalue weighted by molar-refractivity contribution is 9.10. The van der Waals surface area contributed by atoms with Crippen LogP contribution in [0.4, 0.5) is 0 Å². The van der Waals surface area contributed by atoms with Gasteiger partial charge in [0.15, 0.2) is 0 Å². The van der Waals surface area contributed by atoms with Crippen LogP contribution < -0.4 is 11.1 Å². The molecule has 2 unspecified atom stereocenters. The van der Waals surface area contributed by atoms with E-state index >= 15 is 0 Å². The fraction of sp³-hybridized carbons (Fsp3) is 0.364. The first kappa shape index (κ1) is 13.2. The third-order valence-corrected chi connectivity index (χ3v) is 2.90. The van der Waals surface area contributed by atoms with Crippen molar-refractivity contribution in [3.05, 3.63) is 34.3 Å². The lowest BCUT2D eigenvalue weighted by molar-refractivity contribution is -0.138. The summed E-state index contributed by atoms with van der Waals surface area (Å²) in [5.41, 5.74) is 6.54. The molecule has 0 saturated heterocycles. The van der Waals surface area contributed by atoms with Crippen LogP contribution in [0.15, 0.2) is 28.7 Å². The molecular weight excluding hydrogens is 272 g/mol. The molecule has 0 aliphatic rings. The molecule has 4 nitrogen and oxygen atoms in total. The van der Waals surface area contributed by atoms with Crippen LogP contribution in [0.25, 0.3) is 0 Å². The summed E-state index contributed by atoms with van der Waals surface area (Å²) in [6.45, 7) is 0. The van der Waals surface area contributed by atoms with E-state index in [1.807, 2.05) is 24.3 Å². The van der Waals surface area contributed by atoms with Gasteiger partial charge in [0.25, 0.3) is 0 Å². The summed E-state index contributed by atoms with van der Waals surface area (Å²) in [6, 6.07) is 6.83. The Morgan fingerprint density at radius 2 is 2.31 bits per heavy atom. The average molecular weight is 287 g/mol. The highest BCUT2D eigenvalue weighted by Crippen LogP contribution is 2.21. The minimum Gasteiger partial charge on any atom is -0.480 e. The van der Waals surface area contributed by atoms with Gasteiger partial charge in [0, 0.05) is 10.5 Å². The second-order valence-corrected chi connectivity index (χ2v) is 4.49. The van der Waals surface area contributed by atoms with E-state index in [2.05, 4.69) is 21.2 Å². The number of benzene rings is 1. The first-order valence-corrected chi connectivity index (χ1v) is 5.75. The number of halogens is 1. The maximum atomic E-state index is 10.7. The van der Waals surface area contributed by atoms with Crippen molar-refractivity contribution in [3.63, 3.8) is 0 Å². The van der Waals surface area contributed by atoms with Crippen molar-refractivity contribution < 1.29 is 9.90 Å². The van der Waals surface area contributed by atoms with Crippen LogP contribution in [0.3, 0.4) is 0 Å². The van der Waals surface area contributed by atoms with Gasteiger partial charge in [-0.05, 0) is 31.2 Å². The Labute approximate surface area is 103 Å². The van der Waals surface area contributed by atoms with Crippen LogP contribution in [0.5, 0.6) is 0 Å². The Kier molecular flexibility index (Phi) is 4.92. The van der Waals surface area contributed by atoms with E-state index in [-0.39, 0.29) is 6.04 Å². The zero-order chi connectivity index (χ0) is 12.1. The monoisotopic (exact) mass is 286 g/mol. The topological polar surface area (TPSA) is 75.3 Å². The quantitative estimate of drug-likeness (QED) is 0.767. The zero-order valence-electron chi connectivity index (χ0n) is 8.98. The van der Waals surface area contributed by atoms with Crippen molar-refractivity contribution in [1.29, 1.82) is 0 Å². The standard InChI is InChI=1S/C11H15BrN2O2/c1-14-10(6-9(13)11(15)16)7-3-2-4-8(12)5-7/h2-5,9-10,14H,6,13H2,1H3,(H,15,16). The molecule has 1 rings (SSSR count). The van der Waals surface area contributed by atoms with Gasteiger partial charge in [-0.2, -0.15) is 0 Å². The number of hydrogen-bond acceptors (Lipinski definition) is 3. The lowest BCUT2D eigenvalue weighted by Gasteiger charge is -2.19. The van der Waals surface area contributed by atoms with Crippen LogP contribution in [0.1, 0.15) is 18.0 Å². The van der Waals surface area contributed by atoms with Crippen molar-refractivity contribution >= 4 is 21.9 Å². The number of aliphatic carboxylic acids is 1. The summed E-state index contributed by atoms with van der Waals surface area (Å²) in [5, 5.41) is 11.8. The largest absolute Gasteiger partial charge is 0.480 e. The fourth-order valence-electron chi connectivity index (χ4n) is 1.50. The molecule has 5 heteroatoms. The molecule has 1 aromatic carbocycles. The van der Waals surface area contributed by atoms with E-state index in [0.29, 0.717) is 6.42 Å². The Balaban J connectivity index is 2.78. The molecule has 0 heterocycles. The Bertz CT molecular complexity index is 371. The highest BCUT2D eigenvalue weighted by atomic mass is 79.9. The van der Waals surface area contributed by atoms with Gasteiger partial charge in [0.05, 0.1) is 0 Å². The summed E-state index contributed by atoms with van der Waals surface area (Å²) >= 11 is 3.38. The zero-order valence-corrected chi connectivity index (χ0v) is 10.6. The van der Waals surface area contributed by atoms with E-state index in [1.54, 1.807) is 7.05 Å². The molecule has 88 valence electrons. The minimum atomic E-state index is -0.977. The third-order valence-electron chi connectivity index (χ3n) is 2.41. The Morgan fingerprint density at radius 1 is 1.62 bits per heavy atom. The molecule has 16 heavy (non-hydrogen) atoms. The molecule has 1 aromatic rings. The number of nitrogens with one attached hydrogen (secondary N) is 1. The normalized spacial score (nSPS) is 14.4. The molecule has 0 spiro atoms. The molecule has 0 bridgehead atoms. The fourth-order valence-corrected chi connectivity index (χ4v) is 1.92. The van der Waals surface area contributed by atoms with Crippen LogP contribution in [0.2, 0.25) is 0 Å². The molecular formula is C11H15BrN2O2. The first-order valence-electron chi connectivity index (χ1n) is 4.95. The van der Waals surface area contributed by atoms with Gasteiger partial charge in [0.1, 0.15) is 6.04 Å². The van der Waals surface area contributed by atoms with Crippen molar-refractivity contribution in [3.8, 4) is 0 Å². The van der Waals surface area contributed by atoms with E-state index < -0.39 is 12.0 Å². The van der Waals surface area contributed by atoms with Crippen LogP contribution in [-0.4, -0.2) is 24.2 Å². The molecule has 0 fully saturated rings. The van der Waals surface area contributed by atoms with Gasteiger partial charge in [-0.3, -0.25) is 4.79 Å². The molecule has 0 aliphatic carbocycles. The second kappa shape index (κ2) is 5.98. The average Bonchev–Trinajstić information content (AvgIpc) is 2.25. The molecule has 0 aromatic heterocycles. The van der Waals surface area contributed by atoms with Crippen molar-refractivity contribution in [2.24, 2.45) is 5.73 Å². The summed E-state index contributed by atoms with van der Waals surface area (Å²) in [6.07, 6.45) is 0.363. The smallest absolute Gasteiger partial charge is 0.320 e. The Hall–Kier alpha value is -0.910. The maximum absolute atomic E-state index is 10.7. The lowest BCUT2D eigenvalue weighted by atomic mass is 10.00. The number of carboxylic acid groups (broad SMARTS) is 1. The van der Waals surface area contributed by atoms with Crippen molar-refractivity contribution in [2.75, 3.05) is 7.05 Å². The minimum absolute atomic E-state index is 0.0522. The highest BCUT2D eigenvalue weighted by Gasteiger charge is 2.18. The van der Waals surface area contributed by atoms with Gasteiger partial charge >= 0.3 is 5.97 Å². The molecule has 2 atom stereocenters. The van der Waals surface area contributed by atoms with Crippen LogP contribution >= 0.6 is 15.9 Å². The van der Waals surface area contributed by atoms with E-state index in [1.165, 1.54) is 0 Å². The summed E-state index contributed by atoms with van der Waals surface area (Å²) in [5.74, 6) is -0.977. The SMILES string of the molecule is CNC(CC(N)C(=O)O)c1cccc(Br)c1. The number of rotatable bonds is 5. The summed E-state index contributed by atoms with van der Waals surface area (Å²) in [7, 11) is 1.79. The van der Waals surface area contributed by atoms with E-state index in [4.69, 9.17) is 10.8 Å². The van der Waals surface area contributed by atoms with Gasteiger partial charge in [-0.1, -0.05) is 28.1 Å². The predicted octanol–water partition coefficient (Wildman–Crippen LogP) is 1.51. The first-order chi connectivity index (χ1) is 7.54. The molecule has 0 amide bonds. The third kappa shape index (κ3) is 3.59. The van der Waals surface area contributed by atoms with E-state index in [9.17, 15) is 4.79 Å². The number of carbonyl (C=O) groups is 1. The number of carboxylic acids is 1. The Morgan fingerprint density at radius 3 is 2.81 bits per heavy atom. The predicted molar refractivity (Wildman–Crippen MR) is 66.2 cm³/mol. The number of nitrogens with two attached hydrogens (primary N) is 1. The van der Waals surface area contributed by atoms with Crippen LogP contribution in [-0.2, 0) is 4.79 Å². The molecule has 0 radical (unpaired) electrons. The van der Waals surface area contributed by atoms with Gasteiger partial charge < -0.3 is 16.2 Å². The van der Waals surface area contributed by atoms with Crippen molar-refractivity contribution in [2.45, 2.75) is 18.5 Å². The summed E-state index contributed by atoms with van der Waals surface area (Å²) < 4.78 is 0.967. The van der Waals surface area contributed by atoms with Crippen LogP contribution in [0, 0.1) is 0 Å². The molecule has 4 N–H and O–H groups in total. The molecule has 0 saturated carbocycles. The van der Waals surface area contributed by atoms with Crippen molar-refractivity contribution in [1.82, 2.24) is 5.32 Å². The number of hydrogen-bond donors (Lipinski definition) is 3. The van der Waals surface area contributed by atoms with Gasteiger partial charge in [-0.15, -0.1) is 0 Å². The molecule has 0 aliphatic heterocycles. The maximum Gasteiger partial charge on any atom is 0.320 e. The summed E-state index contributed by atoms with van der Waals surface area (Å²) in [4.78, 5) is 10.7.